The zero-order valence-electron chi connectivity index (χ0n) is 18.9. The zero-order chi connectivity index (χ0) is 22.9. The number of pyridine rings is 1. The molecule has 1 aliphatic rings. The van der Waals surface area contributed by atoms with Crippen LogP contribution in [-0.2, 0) is 24.1 Å². The predicted molar refractivity (Wildman–Crippen MR) is 130 cm³/mol. The molecule has 0 radical (unpaired) electrons. The van der Waals surface area contributed by atoms with Crippen LogP contribution in [0.3, 0.4) is 0 Å². The number of hydrogen-bond donors (Lipinski definition) is 1. The average Bonchev–Trinajstić information content (AvgIpc) is 3.20. The lowest BCUT2D eigenvalue weighted by atomic mass is 9.92. The number of ether oxygens (including phenoxy) is 1. The second-order valence-electron chi connectivity index (χ2n) is 8.41. The average molecular weight is 439 g/mol. The lowest BCUT2D eigenvalue weighted by Crippen LogP contribution is -2.19. The first kappa shape index (κ1) is 21.0. The summed E-state index contributed by atoms with van der Waals surface area (Å²) in [4.78, 5) is 29.1. The van der Waals surface area contributed by atoms with Gasteiger partial charge in [-0.25, -0.2) is 4.79 Å². The minimum absolute atomic E-state index is 0.130. The van der Waals surface area contributed by atoms with Crippen molar-refractivity contribution in [2.45, 2.75) is 33.2 Å². The molecule has 2 aromatic heterocycles. The number of carbonyl (C=O) groups excluding carboxylic acids is 1. The molecule has 0 amide bonds. The summed E-state index contributed by atoms with van der Waals surface area (Å²) in [5.41, 5.74) is 8.07. The second kappa shape index (κ2) is 8.58. The van der Waals surface area contributed by atoms with Gasteiger partial charge >= 0.3 is 5.97 Å². The molecule has 0 fully saturated rings. The molecular formula is C28H26N2O3. The van der Waals surface area contributed by atoms with Crippen molar-refractivity contribution < 1.29 is 9.53 Å². The van der Waals surface area contributed by atoms with E-state index in [9.17, 15) is 9.59 Å². The summed E-state index contributed by atoms with van der Waals surface area (Å²) in [6, 6.07) is 21.8. The van der Waals surface area contributed by atoms with E-state index in [-0.39, 0.29) is 11.5 Å². The van der Waals surface area contributed by atoms with Gasteiger partial charge < -0.3 is 14.3 Å². The number of nitrogens with one attached hydrogen (secondary N) is 1. The third-order valence-corrected chi connectivity index (χ3v) is 6.36. The monoisotopic (exact) mass is 438 g/mol. The molecule has 1 aliphatic carbocycles. The van der Waals surface area contributed by atoms with Crippen LogP contribution in [-0.4, -0.2) is 22.1 Å². The summed E-state index contributed by atoms with van der Waals surface area (Å²) in [5, 5.41) is 0. The van der Waals surface area contributed by atoms with Crippen molar-refractivity contribution in [1.82, 2.24) is 9.55 Å². The first-order chi connectivity index (χ1) is 16.1. The van der Waals surface area contributed by atoms with Gasteiger partial charge in [-0.3, -0.25) is 4.79 Å². The van der Waals surface area contributed by atoms with Gasteiger partial charge in [0.15, 0.2) is 0 Å². The van der Waals surface area contributed by atoms with E-state index in [1.165, 1.54) is 0 Å². The van der Waals surface area contributed by atoms with E-state index in [4.69, 9.17) is 4.74 Å². The first-order valence-electron chi connectivity index (χ1n) is 11.3. The molecule has 0 saturated heterocycles. The number of carbonyl (C=O) groups is 1. The van der Waals surface area contributed by atoms with Gasteiger partial charge in [0.1, 0.15) is 5.69 Å². The molecule has 0 unspecified atom stereocenters. The molecule has 2 aromatic carbocycles. The van der Waals surface area contributed by atoms with Crippen LogP contribution < -0.4 is 5.56 Å². The lowest BCUT2D eigenvalue weighted by molar-refractivity contribution is 0.0514. The van der Waals surface area contributed by atoms with Crippen LogP contribution in [0.4, 0.5) is 0 Å². The number of H-pyrrole nitrogens is 1. The standard InChI is InChI=1S/C28H26N2O3/c1-3-33-28(32)24-16-21-14-13-20-15-23(19-10-5-4-6-11-19)27(31)29-25(20)26(21)30(24)17-22-12-8-7-9-18(22)2/h4-12,15-16H,3,13-14,17H2,1-2H3,(H,29,31). The lowest BCUT2D eigenvalue weighted by Gasteiger charge is -2.21. The van der Waals surface area contributed by atoms with Gasteiger partial charge in [0.25, 0.3) is 5.56 Å². The number of aromatic nitrogens is 2. The molecule has 0 spiro atoms. The molecule has 1 N–H and O–H groups in total. The first-order valence-corrected chi connectivity index (χ1v) is 11.3. The maximum atomic E-state index is 13.1. The van der Waals surface area contributed by atoms with Crippen LogP contribution in [0.2, 0.25) is 0 Å². The smallest absolute Gasteiger partial charge is 0.354 e. The van der Waals surface area contributed by atoms with Crippen molar-refractivity contribution in [2.24, 2.45) is 0 Å². The van der Waals surface area contributed by atoms with Crippen LogP contribution in [0, 0.1) is 6.92 Å². The van der Waals surface area contributed by atoms with E-state index in [0.717, 1.165) is 52.0 Å². The van der Waals surface area contributed by atoms with Crippen molar-refractivity contribution >= 4 is 5.97 Å². The van der Waals surface area contributed by atoms with E-state index in [1.54, 1.807) is 0 Å². The summed E-state index contributed by atoms with van der Waals surface area (Å²) < 4.78 is 7.38. The van der Waals surface area contributed by atoms with E-state index in [0.29, 0.717) is 24.4 Å². The number of benzene rings is 2. The summed E-state index contributed by atoms with van der Waals surface area (Å²) >= 11 is 0. The van der Waals surface area contributed by atoms with Crippen molar-refractivity contribution in [2.75, 3.05) is 6.61 Å². The Labute approximate surface area is 192 Å². The maximum Gasteiger partial charge on any atom is 0.354 e. The van der Waals surface area contributed by atoms with E-state index in [2.05, 4.69) is 24.0 Å². The Morgan fingerprint density at radius 3 is 2.48 bits per heavy atom. The highest BCUT2D eigenvalue weighted by Gasteiger charge is 2.28. The molecule has 0 atom stereocenters. The van der Waals surface area contributed by atoms with Crippen molar-refractivity contribution in [3.05, 3.63) is 105 Å². The Morgan fingerprint density at radius 1 is 1.00 bits per heavy atom. The van der Waals surface area contributed by atoms with Crippen LogP contribution in [0.25, 0.3) is 22.5 Å². The third-order valence-electron chi connectivity index (χ3n) is 6.36. The summed E-state index contributed by atoms with van der Waals surface area (Å²) in [7, 11) is 0. The fourth-order valence-corrected chi connectivity index (χ4v) is 4.67. The Kier molecular flexibility index (Phi) is 5.47. The maximum absolute atomic E-state index is 13.1. The highest BCUT2D eigenvalue weighted by atomic mass is 16.5. The largest absolute Gasteiger partial charge is 0.461 e. The molecule has 5 heteroatoms. The van der Waals surface area contributed by atoms with E-state index >= 15 is 0 Å². The Hall–Kier alpha value is -3.86. The molecule has 5 rings (SSSR count). The Morgan fingerprint density at radius 2 is 1.73 bits per heavy atom. The number of aryl methyl sites for hydroxylation is 3. The van der Waals surface area contributed by atoms with Gasteiger partial charge in [-0.1, -0.05) is 54.6 Å². The summed E-state index contributed by atoms with van der Waals surface area (Å²) in [6.45, 7) is 4.71. The molecule has 0 aliphatic heterocycles. The number of nitrogens with zero attached hydrogens (tertiary/aromatic N) is 1. The number of esters is 1. The molecule has 166 valence electrons. The topological polar surface area (TPSA) is 64.1 Å². The predicted octanol–water partition coefficient (Wildman–Crippen LogP) is 5.14. The minimum Gasteiger partial charge on any atom is -0.461 e. The molecular weight excluding hydrogens is 412 g/mol. The van der Waals surface area contributed by atoms with Crippen molar-refractivity contribution in [3.63, 3.8) is 0 Å². The Balaban J connectivity index is 1.69. The number of rotatable bonds is 5. The van der Waals surface area contributed by atoms with E-state index < -0.39 is 0 Å². The van der Waals surface area contributed by atoms with Gasteiger partial charge in [0.05, 0.1) is 18.0 Å². The van der Waals surface area contributed by atoms with Gasteiger partial charge in [-0.05, 0) is 66.6 Å². The van der Waals surface area contributed by atoms with Crippen LogP contribution in [0.1, 0.15) is 39.7 Å². The molecule has 0 saturated carbocycles. The van der Waals surface area contributed by atoms with Crippen LogP contribution in [0.5, 0.6) is 0 Å². The minimum atomic E-state index is -0.342. The summed E-state index contributed by atoms with van der Waals surface area (Å²) in [6.07, 6.45) is 1.60. The van der Waals surface area contributed by atoms with E-state index in [1.807, 2.05) is 66.1 Å². The fraction of sp³-hybridized carbons (Fsp3) is 0.214. The molecule has 5 nitrogen and oxygen atoms in total. The van der Waals surface area contributed by atoms with Crippen LogP contribution in [0.15, 0.2) is 71.5 Å². The fourth-order valence-electron chi connectivity index (χ4n) is 4.67. The normalized spacial score (nSPS) is 12.2. The molecule has 2 heterocycles. The van der Waals surface area contributed by atoms with Gasteiger partial charge in [0.2, 0.25) is 0 Å². The van der Waals surface area contributed by atoms with Crippen LogP contribution >= 0.6 is 0 Å². The summed E-state index contributed by atoms with van der Waals surface area (Å²) in [5.74, 6) is -0.342. The van der Waals surface area contributed by atoms with Gasteiger partial charge in [-0.15, -0.1) is 0 Å². The van der Waals surface area contributed by atoms with Crippen molar-refractivity contribution in [1.29, 1.82) is 0 Å². The molecule has 33 heavy (non-hydrogen) atoms. The highest BCUT2D eigenvalue weighted by Crippen LogP contribution is 2.36. The number of aromatic amines is 1. The highest BCUT2D eigenvalue weighted by molar-refractivity contribution is 5.90. The number of hydrogen-bond acceptors (Lipinski definition) is 3. The van der Waals surface area contributed by atoms with Crippen molar-refractivity contribution in [3.8, 4) is 22.5 Å². The van der Waals surface area contributed by atoms with Gasteiger partial charge in [0, 0.05) is 12.1 Å². The number of fused-ring (bicyclic) bond motifs is 3. The van der Waals surface area contributed by atoms with Gasteiger partial charge in [-0.2, -0.15) is 0 Å². The molecule has 0 bridgehead atoms. The Bertz CT molecular complexity index is 1400. The quantitative estimate of drug-likeness (QED) is 0.439. The zero-order valence-corrected chi connectivity index (χ0v) is 18.9. The third kappa shape index (κ3) is 3.80. The SMILES string of the molecule is CCOC(=O)c1cc2c(n1Cc1ccccc1C)-c1[nH]c(=O)c(-c3ccccc3)cc1CC2. The second-order valence-corrected chi connectivity index (χ2v) is 8.41. The molecule has 4 aromatic rings.